The van der Waals surface area contributed by atoms with Crippen LogP contribution >= 0.6 is 0 Å². The number of rotatable bonds is 3. The lowest BCUT2D eigenvalue weighted by Crippen LogP contribution is -2.49. The van der Waals surface area contributed by atoms with E-state index in [-0.39, 0.29) is 12.2 Å². The molecule has 0 radical (unpaired) electrons. The number of esters is 1. The van der Waals surface area contributed by atoms with E-state index in [2.05, 4.69) is 23.4 Å². The molecule has 1 rings (SSSR count). The third-order valence-corrected chi connectivity index (χ3v) is 2.68. The van der Waals surface area contributed by atoms with Gasteiger partial charge in [0.25, 0.3) is 0 Å². The lowest BCUT2D eigenvalue weighted by atomic mass is 10.3. The van der Waals surface area contributed by atoms with Crippen LogP contribution in [0, 0.1) is 0 Å². The van der Waals surface area contributed by atoms with Gasteiger partial charge < -0.3 is 9.64 Å². The molecule has 1 saturated heterocycles. The van der Waals surface area contributed by atoms with Crippen LogP contribution in [0.2, 0.25) is 0 Å². The zero-order valence-electron chi connectivity index (χ0n) is 9.82. The lowest BCUT2D eigenvalue weighted by molar-refractivity contribution is -0.154. The molecule has 0 aromatic rings. The van der Waals surface area contributed by atoms with Gasteiger partial charge in [0.1, 0.15) is 0 Å². The topological polar surface area (TPSA) is 32.8 Å². The van der Waals surface area contributed by atoms with E-state index in [1.165, 1.54) is 0 Å². The van der Waals surface area contributed by atoms with Crippen LogP contribution in [-0.4, -0.2) is 55.2 Å². The summed E-state index contributed by atoms with van der Waals surface area (Å²) in [7, 11) is 2.10. The summed E-state index contributed by atoms with van der Waals surface area (Å²) in [6.45, 7) is 11.1. The summed E-state index contributed by atoms with van der Waals surface area (Å²) in [5, 5.41) is 0. The molecule has 0 bridgehead atoms. The SMILES string of the molecule is C=C(C)C(=O)OC(C)N1CCN(C)CC1. The number of carbonyl (C=O) groups is 1. The first kappa shape index (κ1) is 12.2. The maximum absolute atomic E-state index is 11.3. The quantitative estimate of drug-likeness (QED) is 0.509. The average molecular weight is 212 g/mol. The zero-order chi connectivity index (χ0) is 11.4. The van der Waals surface area contributed by atoms with E-state index in [0.717, 1.165) is 26.2 Å². The molecule has 1 aliphatic heterocycles. The van der Waals surface area contributed by atoms with Crippen LogP contribution < -0.4 is 0 Å². The summed E-state index contributed by atoms with van der Waals surface area (Å²) in [5.41, 5.74) is 0.455. The van der Waals surface area contributed by atoms with Crippen molar-refractivity contribution in [3.8, 4) is 0 Å². The molecular weight excluding hydrogens is 192 g/mol. The van der Waals surface area contributed by atoms with E-state index in [4.69, 9.17) is 4.74 Å². The Hall–Kier alpha value is -0.870. The molecule has 86 valence electrons. The van der Waals surface area contributed by atoms with E-state index in [0.29, 0.717) is 5.57 Å². The predicted octanol–water partition coefficient (Wildman–Crippen LogP) is 0.699. The number of hydrogen-bond acceptors (Lipinski definition) is 4. The van der Waals surface area contributed by atoms with Crippen molar-refractivity contribution in [3.05, 3.63) is 12.2 Å². The normalized spacial score (nSPS) is 21.0. The first-order valence-corrected chi connectivity index (χ1v) is 5.30. The Morgan fingerprint density at radius 2 is 1.87 bits per heavy atom. The first-order chi connectivity index (χ1) is 7.00. The van der Waals surface area contributed by atoms with Gasteiger partial charge in [-0.2, -0.15) is 0 Å². The van der Waals surface area contributed by atoms with Crippen molar-refractivity contribution in [2.24, 2.45) is 0 Å². The zero-order valence-corrected chi connectivity index (χ0v) is 9.82. The van der Waals surface area contributed by atoms with E-state index < -0.39 is 0 Å². The fourth-order valence-electron chi connectivity index (χ4n) is 1.52. The Morgan fingerprint density at radius 3 is 2.33 bits per heavy atom. The molecule has 0 aliphatic carbocycles. The van der Waals surface area contributed by atoms with Crippen LogP contribution in [0.1, 0.15) is 13.8 Å². The standard InChI is InChI=1S/C11H20N2O2/c1-9(2)11(14)15-10(3)13-7-5-12(4)6-8-13/h10H,1,5-8H2,2-4H3. The summed E-state index contributed by atoms with van der Waals surface area (Å²) in [6.07, 6.45) is -0.150. The van der Waals surface area contributed by atoms with Gasteiger partial charge in [-0.25, -0.2) is 4.79 Å². The van der Waals surface area contributed by atoms with E-state index in [1.807, 2.05) is 6.92 Å². The molecule has 0 amide bonds. The van der Waals surface area contributed by atoms with Gasteiger partial charge in [-0.05, 0) is 20.9 Å². The largest absolute Gasteiger partial charge is 0.443 e. The molecule has 15 heavy (non-hydrogen) atoms. The number of carbonyl (C=O) groups excluding carboxylic acids is 1. The fourth-order valence-corrected chi connectivity index (χ4v) is 1.52. The molecule has 0 aromatic carbocycles. The Labute approximate surface area is 91.5 Å². The molecule has 0 saturated carbocycles. The fraction of sp³-hybridized carbons (Fsp3) is 0.727. The Morgan fingerprint density at radius 1 is 1.33 bits per heavy atom. The minimum absolute atomic E-state index is 0.150. The van der Waals surface area contributed by atoms with Crippen molar-refractivity contribution in [1.82, 2.24) is 9.80 Å². The van der Waals surface area contributed by atoms with E-state index in [9.17, 15) is 4.79 Å². The highest BCUT2D eigenvalue weighted by molar-refractivity contribution is 5.87. The number of hydrogen-bond donors (Lipinski definition) is 0. The van der Waals surface area contributed by atoms with Crippen LogP contribution in [0.25, 0.3) is 0 Å². The van der Waals surface area contributed by atoms with Gasteiger partial charge in [-0.3, -0.25) is 4.90 Å². The Bertz CT molecular complexity index is 245. The van der Waals surface area contributed by atoms with Crippen molar-refractivity contribution in [3.63, 3.8) is 0 Å². The van der Waals surface area contributed by atoms with Crippen LogP contribution in [0.15, 0.2) is 12.2 Å². The highest BCUT2D eigenvalue weighted by Crippen LogP contribution is 2.07. The second kappa shape index (κ2) is 5.28. The summed E-state index contributed by atoms with van der Waals surface area (Å²) in [4.78, 5) is 15.7. The number of ether oxygens (including phenoxy) is 1. The maximum atomic E-state index is 11.3. The third-order valence-electron chi connectivity index (χ3n) is 2.68. The molecule has 4 heteroatoms. The van der Waals surface area contributed by atoms with Gasteiger partial charge in [0.05, 0.1) is 0 Å². The Kier molecular flexibility index (Phi) is 4.29. The molecule has 0 N–H and O–H groups in total. The average Bonchev–Trinajstić information content (AvgIpc) is 2.18. The van der Waals surface area contributed by atoms with E-state index in [1.54, 1.807) is 6.92 Å². The van der Waals surface area contributed by atoms with Crippen molar-refractivity contribution < 1.29 is 9.53 Å². The smallest absolute Gasteiger partial charge is 0.334 e. The molecule has 1 unspecified atom stereocenters. The van der Waals surface area contributed by atoms with Gasteiger partial charge in [-0.15, -0.1) is 0 Å². The summed E-state index contributed by atoms with van der Waals surface area (Å²) in [5.74, 6) is -0.304. The third kappa shape index (κ3) is 3.64. The summed E-state index contributed by atoms with van der Waals surface area (Å²) < 4.78 is 5.26. The van der Waals surface area contributed by atoms with Crippen LogP contribution in [0.3, 0.4) is 0 Å². The highest BCUT2D eigenvalue weighted by atomic mass is 16.6. The number of likely N-dealkylation sites (N-methyl/N-ethyl adjacent to an activating group) is 1. The van der Waals surface area contributed by atoms with E-state index >= 15 is 0 Å². The molecular formula is C11H20N2O2. The minimum Gasteiger partial charge on any atom is -0.443 e. The monoisotopic (exact) mass is 212 g/mol. The van der Waals surface area contributed by atoms with Crippen molar-refractivity contribution in [2.75, 3.05) is 33.2 Å². The molecule has 4 nitrogen and oxygen atoms in total. The molecule has 1 aliphatic rings. The molecule has 1 fully saturated rings. The predicted molar refractivity (Wildman–Crippen MR) is 59.4 cm³/mol. The van der Waals surface area contributed by atoms with Gasteiger partial charge in [-0.1, -0.05) is 6.58 Å². The van der Waals surface area contributed by atoms with Gasteiger partial charge in [0.15, 0.2) is 6.23 Å². The summed E-state index contributed by atoms with van der Waals surface area (Å²) in [6, 6.07) is 0. The maximum Gasteiger partial charge on any atom is 0.334 e. The first-order valence-electron chi connectivity index (χ1n) is 5.30. The molecule has 1 heterocycles. The van der Waals surface area contributed by atoms with Crippen LogP contribution in [-0.2, 0) is 9.53 Å². The summed E-state index contributed by atoms with van der Waals surface area (Å²) >= 11 is 0. The van der Waals surface area contributed by atoms with Crippen molar-refractivity contribution >= 4 is 5.97 Å². The minimum atomic E-state index is -0.304. The van der Waals surface area contributed by atoms with Crippen molar-refractivity contribution in [2.45, 2.75) is 20.1 Å². The second-order valence-corrected chi connectivity index (χ2v) is 4.12. The van der Waals surface area contributed by atoms with Crippen molar-refractivity contribution in [1.29, 1.82) is 0 Å². The number of nitrogens with zero attached hydrogens (tertiary/aromatic N) is 2. The van der Waals surface area contributed by atoms with Crippen LogP contribution in [0.5, 0.6) is 0 Å². The van der Waals surface area contributed by atoms with Gasteiger partial charge in [0, 0.05) is 31.8 Å². The van der Waals surface area contributed by atoms with Gasteiger partial charge in [0.2, 0.25) is 0 Å². The van der Waals surface area contributed by atoms with Gasteiger partial charge >= 0.3 is 5.97 Å². The molecule has 0 spiro atoms. The van der Waals surface area contributed by atoms with Crippen LogP contribution in [0.4, 0.5) is 0 Å². The Balaban J connectivity index is 2.37. The molecule has 1 atom stereocenters. The lowest BCUT2D eigenvalue weighted by Gasteiger charge is -2.35. The molecule has 0 aromatic heterocycles. The second-order valence-electron chi connectivity index (χ2n) is 4.12. The number of piperazine rings is 1. The highest BCUT2D eigenvalue weighted by Gasteiger charge is 2.21.